The third kappa shape index (κ3) is 7.71. The van der Waals surface area contributed by atoms with Crippen LogP contribution < -0.4 is 0 Å². The van der Waals surface area contributed by atoms with E-state index in [0.29, 0.717) is 60.4 Å². The van der Waals surface area contributed by atoms with E-state index in [1.165, 1.54) is 62.6 Å². The van der Waals surface area contributed by atoms with Crippen molar-refractivity contribution in [2.75, 3.05) is 33.4 Å². The maximum absolute atomic E-state index is 15.7. The fourth-order valence-electron chi connectivity index (χ4n) is 16.2. The van der Waals surface area contributed by atoms with Gasteiger partial charge in [0.15, 0.2) is 5.60 Å². The third-order valence-corrected chi connectivity index (χ3v) is 24.3. The summed E-state index contributed by atoms with van der Waals surface area (Å²) < 4.78 is 13.4. The van der Waals surface area contributed by atoms with Crippen LogP contribution in [0.3, 0.4) is 0 Å². The lowest BCUT2D eigenvalue weighted by Gasteiger charge is -2.45. The molecule has 336 valence electrons. The van der Waals surface area contributed by atoms with E-state index in [1.807, 2.05) is 12.0 Å². The fourth-order valence-corrected chi connectivity index (χ4v) is 21.3. The van der Waals surface area contributed by atoms with Crippen molar-refractivity contribution in [2.45, 2.75) is 215 Å². The molecule has 6 unspecified atom stereocenters. The number of nitrogens with zero attached hydrogens (tertiary/aromatic N) is 3. The summed E-state index contributed by atoms with van der Waals surface area (Å²) in [6.45, 7) is 9.23. The molecule has 9 nitrogen and oxygen atoms in total. The Morgan fingerprint density at radius 3 is 2.33 bits per heavy atom. The van der Waals surface area contributed by atoms with Gasteiger partial charge < -0.3 is 29.3 Å². The average molecular weight is 848 g/mol. The minimum absolute atomic E-state index is 0.00808. The van der Waals surface area contributed by atoms with Gasteiger partial charge in [-0.2, -0.15) is 0 Å². The molecule has 0 radical (unpaired) electrons. The lowest BCUT2D eigenvalue weighted by molar-refractivity contribution is -0.152. The number of fused-ring (bicyclic) bond motifs is 1. The predicted molar refractivity (Wildman–Crippen MR) is 238 cm³/mol. The van der Waals surface area contributed by atoms with Crippen molar-refractivity contribution in [2.24, 2.45) is 35.5 Å². The van der Waals surface area contributed by atoms with Crippen molar-refractivity contribution >= 4 is 25.8 Å². The number of amides is 3. The molecule has 3 heterocycles. The van der Waals surface area contributed by atoms with Crippen molar-refractivity contribution in [1.29, 1.82) is 0 Å². The minimum Gasteiger partial charge on any atom is -0.395 e. The molecule has 1 N–H and O–H groups in total. The van der Waals surface area contributed by atoms with Crippen LogP contribution in [0, 0.1) is 35.5 Å². The lowest BCUT2D eigenvalue weighted by atomic mass is 9.65. The molecule has 6 aliphatic carbocycles. The van der Waals surface area contributed by atoms with Gasteiger partial charge in [-0.25, -0.2) is 0 Å². The summed E-state index contributed by atoms with van der Waals surface area (Å²) in [4.78, 5) is 51.1. The second-order valence-electron chi connectivity index (χ2n) is 22.4. The highest BCUT2D eigenvalue weighted by molar-refractivity contribution is 6.80. The standard InChI is InChI=1S/C50H81N3O6Si/c1-33-47(60(3,4)39-25-23-38(58-2)24-26-39)44(30-45(55)51(27-28-54)31-34-13-6-5-7-14-34)59-50(33)41-20-8-9-21-42(41)52(49(50)57)32-35-15-10-18-37(29-35)53-43-22-12-17-36-16-11-19-40(46(36)43)48(53)56/h33-40,43-44,46-47,54H,5-32H2,1-4H3/t33-,35?,36?,37?,38?,39?,40?,43?,44+,46?,47-,50+/m1/s1. The zero-order chi connectivity index (χ0) is 41.8. The maximum atomic E-state index is 15.7. The number of methoxy groups -OCH3 is 1. The van der Waals surface area contributed by atoms with Gasteiger partial charge in [0.05, 0.1) is 33.3 Å². The highest BCUT2D eigenvalue weighted by Gasteiger charge is 2.68. The SMILES string of the molecule is COC1CCC([Si](C)(C)[C@H]2[C@H](CC(=O)N(CCO)CC3CCCCC3)O[C@@]3(C(=O)N(CC4CCCC(N5C(=O)C6CCCC7CCCC5C76)C4)C4=C3CCCC4)[C@@H]2C)CC1. The van der Waals surface area contributed by atoms with Gasteiger partial charge in [-0.15, -0.1) is 0 Å². The fraction of sp³-hybridized carbons (Fsp3) is 0.900. The number of ether oxygens (including phenoxy) is 2. The number of aliphatic hydroxyl groups excluding tert-OH is 1. The number of likely N-dealkylation sites (tertiary alicyclic amines) is 1. The highest BCUT2D eigenvalue weighted by Crippen LogP contribution is 2.62. The van der Waals surface area contributed by atoms with Crippen LogP contribution in [0.1, 0.15) is 161 Å². The molecule has 1 spiro atoms. The smallest absolute Gasteiger partial charge is 0.263 e. The first-order chi connectivity index (χ1) is 29.1. The Labute approximate surface area is 363 Å². The normalized spacial score (nSPS) is 40.0. The summed E-state index contributed by atoms with van der Waals surface area (Å²) in [7, 11) is -0.283. The van der Waals surface area contributed by atoms with Crippen LogP contribution in [0.4, 0.5) is 0 Å². The van der Waals surface area contributed by atoms with Crippen LogP contribution in [0.25, 0.3) is 0 Å². The van der Waals surface area contributed by atoms with Gasteiger partial charge in [-0.3, -0.25) is 14.4 Å². The van der Waals surface area contributed by atoms with Crippen molar-refractivity contribution in [3.63, 3.8) is 0 Å². The van der Waals surface area contributed by atoms with Crippen molar-refractivity contribution in [1.82, 2.24) is 14.7 Å². The van der Waals surface area contributed by atoms with Gasteiger partial charge in [0.1, 0.15) is 0 Å². The van der Waals surface area contributed by atoms with Crippen molar-refractivity contribution < 1.29 is 29.0 Å². The summed E-state index contributed by atoms with van der Waals surface area (Å²) in [5.41, 5.74) is 2.23. The van der Waals surface area contributed by atoms with E-state index in [1.54, 1.807) is 0 Å². The Hall–Kier alpha value is -1.75. The first kappa shape index (κ1) is 43.5. The number of rotatable bonds is 12. The minimum atomic E-state index is -2.13. The quantitative estimate of drug-likeness (QED) is 0.197. The van der Waals surface area contributed by atoms with E-state index in [4.69, 9.17) is 9.47 Å². The van der Waals surface area contributed by atoms with Gasteiger partial charge in [0.25, 0.3) is 5.91 Å². The van der Waals surface area contributed by atoms with E-state index < -0.39 is 13.7 Å². The number of hydrogen-bond donors (Lipinski definition) is 1. The van der Waals surface area contributed by atoms with E-state index in [-0.39, 0.29) is 41.9 Å². The van der Waals surface area contributed by atoms with Gasteiger partial charge in [-0.1, -0.05) is 84.2 Å². The third-order valence-electron chi connectivity index (χ3n) is 19.1. The van der Waals surface area contributed by atoms with Gasteiger partial charge in [-0.05, 0) is 124 Å². The molecule has 3 amide bonds. The maximum Gasteiger partial charge on any atom is 0.263 e. The van der Waals surface area contributed by atoms with Crippen molar-refractivity contribution in [3.8, 4) is 0 Å². The average Bonchev–Trinajstić information content (AvgIpc) is 3.82. The molecule has 9 aliphatic rings. The van der Waals surface area contributed by atoms with E-state index >= 15 is 4.79 Å². The monoisotopic (exact) mass is 848 g/mol. The summed E-state index contributed by atoms with van der Waals surface area (Å²) in [6.07, 6.45) is 26.5. The van der Waals surface area contributed by atoms with Crippen LogP contribution in [0.5, 0.6) is 0 Å². The molecule has 2 saturated heterocycles. The molecule has 9 rings (SSSR count). The molecule has 0 aromatic heterocycles. The summed E-state index contributed by atoms with van der Waals surface area (Å²) in [5.74, 6) is 3.14. The predicted octanol–water partition coefficient (Wildman–Crippen LogP) is 9.25. The van der Waals surface area contributed by atoms with Crippen molar-refractivity contribution in [3.05, 3.63) is 11.3 Å². The molecule has 5 saturated carbocycles. The molecular formula is C50H81N3O6Si. The zero-order valence-corrected chi connectivity index (χ0v) is 39.1. The van der Waals surface area contributed by atoms with Gasteiger partial charge in [0, 0.05) is 56.4 Å². The Bertz CT molecular complexity index is 1600. The van der Waals surface area contributed by atoms with Crippen LogP contribution in [-0.2, 0) is 23.9 Å². The lowest BCUT2D eigenvalue weighted by Crippen LogP contribution is -2.51. The summed E-state index contributed by atoms with van der Waals surface area (Å²) >= 11 is 0. The van der Waals surface area contributed by atoms with E-state index in [0.717, 1.165) is 115 Å². The van der Waals surface area contributed by atoms with Crippen LogP contribution in [-0.4, -0.2) is 109 Å². The summed E-state index contributed by atoms with van der Waals surface area (Å²) in [5, 5.41) is 10.2. The number of allylic oxidation sites excluding steroid dienone is 1. The molecule has 10 heteroatoms. The Balaban J connectivity index is 0.983. The number of carbonyl (C=O) groups excluding carboxylic acids is 3. The number of hydrogen-bond acceptors (Lipinski definition) is 6. The molecule has 60 heavy (non-hydrogen) atoms. The second kappa shape index (κ2) is 18.0. The molecule has 0 aromatic rings. The van der Waals surface area contributed by atoms with Crippen LogP contribution >= 0.6 is 0 Å². The molecule has 3 aliphatic heterocycles. The molecule has 7 fully saturated rings. The van der Waals surface area contributed by atoms with Gasteiger partial charge >= 0.3 is 0 Å². The number of aliphatic hydroxyl groups is 1. The van der Waals surface area contributed by atoms with Crippen LogP contribution in [0.15, 0.2) is 11.3 Å². The molecule has 0 aromatic carbocycles. The summed E-state index contributed by atoms with van der Waals surface area (Å²) in [6, 6.07) is 0.737. The van der Waals surface area contributed by atoms with E-state index in [9.17, 15) is 14.7 Å². The molecular weight excluding hydrogens is 767 g/mol. The highest BCUT2D eigenvalue weighted by atomic mass is 28.3. The van der Waals surface area contributed by atoms with Crippen LogP contribution in [0.2, 0.25) is 24.2 Å². The zero-order valence-electron chi connectivity index (χ0n) is 38.1. The first-order valence-corrected chi connectivity index (χ1v) is 28.7. The first-order valence-electron chi connectivity index (χ1n) is 25.5. The Morgan fingerprint density at radius 1 is 0.867 bits per heavy atom. The topological polar surface area (TPSA) is 99.6 Å². The molecule has 0 bridgehead atoms. The molecule has 10 atom stereocenters. The van der Waals surface area contributed by atoms with Gasteiger partial charge in [0.2, 0.25) is 11.8 Å². The Morgan fingerprint density at radius 2 is 1.58 bits per heavy atom. The number of carbonyl (C=O) groups is 3. The second-order valence-corrected chi connectivity index (χ2v) is 27.5. The Kier molecular flexibility index (Phi) is 13.1. The van der Waals surface area contributed by atoms with E-state index in [2.05, 4.69) is 29.8 Å². The largest absolute Gasteiger partial charge is 0.395 e.